The summed E-state index contributed by atoms with van der Waals surface area (Å²) in [5.74, 6) is -0.638. The first-order chi connectivity index (χ1) is 8.33. The Morgan fingerprint density at radius 1 is 1.33 bits per heavy atom. The SMILES string of the molecule is CCOC(=O)[C@H]1CNC[C@@H]1NC(=O)OC(C)(C)C. The molecule has 0 aromatic rings. The Kier molecular flexibility index (Phi) is 4.95. The highest BCUT2D eigenvalue weighted by molar-refractivity contribution is 5.76. The van der Waals surface area contributed by atoms with Crippen molar-refractivity contribution in [1.29, 1.82) is 0 Å². The molecule has 1 saturated heterocycles. The van der Waals surface area contributed by atoms with Crippen LogP contribution in [0.3, 0.4) is 0 Å². The Balaban J connectivity index is 2.50. The number of hydrogen-bond acceptors (Lipinski definition) is 5. The van der Waals surface area contributed by atoms with Crippen LogP contribution in [0.5, 0.6) is 0 Å². The molecule has 18 heavy (non-hydrogen) atoms. The zero-order valence-electron chi connectivity index (χ0n) is 11.4. The van der Waals surface area contributed by atoms with Crippen LogP contribution in [-0.2, 0) is 14.3 Å². The maximum Gasteiger partial charge on any atom is 0.407 e. The third-order valence-corrected chi connectivity index (χ3v) is 2.51. The zero-order valence-corrected chi connectivity index (χ0v) is 11.4. The maximum absolute atomic E-state index is 11.7. The van der Waals surface area contributed by atoms with E-state index in [-0.39, 0.29) is 17.9 Å². The minimum atomic E-state index is -0.546. The molecule has 1 aliphatic rings. The van der Waals surface area contributed by atoms with Gasteiger partial charge >= 0.3 is 12.1 Å². The molecule has 0 spiro atoms. The lowest BCUT2D eigenvalue weighted by molar-refractivity contribution is -0.147. The first kappa shape index (κ1) is 14.8. The predicted molar refractivity (Wildman–Crippen MR) is 66.2 cm³/mol. The average molecular weight is 258 g/mol. The molecule has 6 nitrogen and oxygen atoms in total. The number of nitrogens with one attached hydrogen (secondary N) is 2. The van der Waals surface area contributed by atoms with Crippen molar-refractivity contribution >= 4 is 12.1 Å². The van der Waals surface area contributed by atoms with Gasteiger partial charge in [0, 0.05) is 13.1 Å². The van der Waals surface area contributed by atoms with E-state index in [4.69, 9.17) is 9.47 Å². The Labute approximate surface area is 107 Å². The van der Waals surface area contributed by atoms with Crippen molar-refractivity contribution in [3.63, 3.8) is 0 Å². The Morgan fingerprint density at radius 2 is 2.00 bits per heavy atom. The second-order valence-electron chi connectivity index (χ2n) is 5.27. The molecule has 2 atom stereocenters. The van der Waals surface area contributed by atoms with E-state index in [1.165, 1.54) is 0 Å². The minimum absolute atomic E-state index is 0.279. The van der Waals surface area contributed by atoms with E-state index in [1.54, 1.807) is 27.7 Å². The molecule has 104 valence electrons. The van der Waals surface area contributed by atoms with E-state index < -0.39 is 11.7 Å². The molecule has 0 radical (unpaired) electrons. The molecule has 0 unspecified atom stereocenters. The number of amides is 1. The highest BCUT2D eigenvalue weighted by atomic mass is 16.6. The highest BCUT2D eigenvalue weighted by Gasteiger charge is 2.35. The average Bonchev–Trinajstić information content (AvgIpc) is 2.62. The number of carbonyl (C=O) groups excluding carboxylic acids is 2. The van der Waals surface area contributed by atoms with Crippen molar-refractivity contribution in [3.8, 4) is 0 Å². The van der Waals surface area contributed by atoms with Crippen LogP contribution in [0.4, 0.5) is 4.79 Å². The predicted octanol–water partition coefficient (Wildman–Crippen LogP) is 0.662. The third-order valence-electron chi connectivity index (χ3n) is 2.51. The third kappa shape index (κ3) is 4.52. The first-order valence-electron chi connectivity index (χ1n) is 6.20. The smallest absolute Gasteiger partial charge is 0.407 e. The maximum atomic E-state index is 11.7. The van der Waals surface area contributed by atoms with Gasteiger partial charge in [0.25, 0.3) is 0 Å². The van der Waals surface area contributed by atoms with Crippen LogP contribution in [0.25, 0.3) is 0 Å². The first-order valence-corrected chi connectivity index (χ1v) is 6.20. The number of esters is 1. The molecular formula is C12H22N2O4. The molecule has 1 aliphatic heterocycles. The summed E-state index contributed by atoms with van der Waals surface area (Å²) in [6.45, 7) is 8.54. The van der Waals surface area contributed by atoms with Gasteiger partial charge in [-0.1, -0.05) is 0 Å². The summed E-state index contributed by atoms with van der Waals surface area (Å²) in [7, 11) is 0. The Hall–Kier alpha value is -1.30. The lowest BCUT2D eigenvalue weighted by Gasteiger charge is -2.23. The minimum Gasteiger partial charge on any atom is -0.466 e. The summed E-state index contributed by atoms with van der Waals surface area (Å²) in [5, 5.41) is 5.76. The molecule has 0 aromatic heterocycles. The standard InChI is InChI=1S/C12H22N2O4/c1-5-17-10(15)8-6-13-7-9(8)14-11(16)18-12(2,3)4/h8-9,13H,5-7H2,1-4H3,(H,14,16)/t8-,9-/m0/s1. The zero-order chi connectivity index (χ0) is 13.8. The van der Waals surface area contributed by atoms with Gasteiger partial charge in [0.2, 0.25) is 0 Å². The fourth-order valence-electron chi connectivity index (χ4n) is 1.79. The molecule has 1 rings (SSSR count). The molecule has 1 heterocycles. The Bertz CT molecular complexity index is 312. The number of hydrogen-bond donors (Lipinski definition) is 2. The van der Waals surface area contributed by atoms with Crippen molar-refractivity contribution < 1.29 is 19.1 Å². The number of rotatable bonds is 3. The molecule has 2 N–H and O–H groups in total. The molecule has 0 aliphatic carbocycles. The van der Waals surface area contributed by atoms with Crippen molar-refractivity contribution in [1.82, 2.24) is 10.6 Å². The second kappa shape index (κ2) is 6.04. The van der Waals surface area contributed by atoms with Crippen LogP contribution in [0, 0.1) is 5.92 Å². The summed E-state index contributed by atoms with van der Waals surface area (Å²) in [5.41, 5.74) is -0.546. The van der Waals surface area contributed by atoms with Crippen LogP contribution < -0.4 is 10.6 Å². The lowest BCUT2D eigenvalue weighted by Crippen LogP contribution is -2.45. The molecule has 1 amide bonds. The molecule has 1 fully saturated rings. The van der Waals surface area contributed by atoms with Gasteiger partial charge in [0.05, 0.1) is 18.6 Å². The van der Waals surface area contributed by atoms with E-state index in [9.17, 15) is 9.59 Å². The van der Waals surface area contributed by atoms with Gasteiger partial charge in [0.1, 0.15) is 5.60 Å². The van der Waals surface area contributed by atoms with E-state index in [0.717, 1.165) is 0 Å². The summed E-state index contributed by atoms with van der Waals surface area (Å²) in [4.78, 5) is 23.3. The van der Waals surface area contributed by atoms with Crippen molar-refractivity contribution in [2.24, 2.45) is 5.92 Å². The van der Waals surface area contributed by atoms with Crippen LogP contribution >= 0.6 is 0 Å². The normalized spacial score (nSPS) is 23.6. The number of alkyl carbamates (subject to hydrolysis) is 1. The molecule has 0 bridgehead atoms. The largest absolute Gasteiger partial charge is 0.466 e. The summed E-state index contributed by atoms with van der Waals surface area (Å²) in [6.07, 6.45) is -0.509. The van der Waals surface area contributed by atoms with E-state index >= 15 is 0 Å². The fraction of sp³-hybridized carbons (Fsp3) is 0.833. The highest BCUT2D eigenvalue weighted by Crippen LogP contribution is 2.13. The van der Waals surface area contributed by atoms with Gasteiger partial charge in [-0.15, -0.1) is 0 Å². The van der Waals surface area contributed by atoms with E-state index in [0.29, 0.717) is 19.7 Å². The van der Waals surface area contributed by atoms with Gasteiger partial charge < -0.3 is 20.1 Å². The van der Waals surface area contributed by atoms with Crippen LogP contribution in [0.2, 0.25) is 0 Å². The van der Waals surface area contributed by atoms with Crippen LogP contribution in [0.1, 0.15) is 27.7 Å². The van der Waals surface area contributed by atoms with Gasteiger partial charge in [-0.2, -0.15) is 0 Å². The monoisotopic (exact) mass is 258 g/mol. The second-order valence-corrected chi connectivity index (χ2v) is 5.27. The molecule has 0 saturated carbocycles. The van der Waals surface area contributed by atoms with E-state index in [2.05, 4.69) is 10.6 Å². The molecular weight excluding hydrogens is 236 g/mol. The number of ether oxygens (including phenoxy) is 2. The summed E-state index contributed by atoms with van der Waals surface area (Å²) >= 11 is 0. The van der Waals surface area contributed by atoms with Crippen molar-refractivity contribution in [2.75, 3.05) is 19.7 Å². The topological polar surface area (TPSA) is 76.7 Å². The summed E-state index contributed by atoms with van der Waals surface area (Å²) < 4.78 is 10.1. The van der Waals surface area contributed by atoms with E-state index in [1.807, 2.05) is 0 Å². The summed E-state index contributed by atoms with van der Waals surface area (Å²) in [6, 6.07) is -0.279. The lowest BCUT2D eigenvalue weighted by atomic mass is 10.0. The molecule has 6 heteroatoms. The van der Waals surface area contributed by atoms with Gasteiger partial charge in [0.15, 0.2) is 0 Å². The number of carbonyl (C=O) groups is 2. The van der Waals surface area contributed by atoms with Crippen molar-refractivity contribution in [2.45, 2.75) is 39.3 Å². The Morgan fingerprint density at radius 3 is 2.56 bits per heavy atom. The van der Waals surface area contributed by atoms with Crippen LogP contribution in [-0.4, -0.2) is 43.4 Å². The van der Waals surface area contributed by atoms with Crippen molar-refractivity contribution in [3.05, 3.63) is 0 Å². The van der Waals surface area contributed by atoms with Gasteiger partial charge in [-0.05, 0) is 27.7 Å². The van der Waals surface area contributed by atoms with Gasteiger partial charge in [-0.3, -0.25) is 4.79 Å². The fourth-order valence-corrected chi connectivity index (χ4v) is 1.79. The van der Waals surface area contributed by atoms with Gasteiger partial charge in [-0.25, -0.2) is 4.79 Å². The van der Waals surface area contributed by atoms with Crippen LogP contribution in [0.15, 0.2) is 0 Å². The molecule has 0 aromatic carbocycles. The quantitative estimate of drug-likeness (QED) is 0.727.